The third kappa shape index (κ3) is 3.91. The van der Waals surface area contributed by atoms with E-state index in [4.69, 9.17) is 9.47 Å². The Kier molecular flexibility index (Phi) is 5.32. The predicted octanol–water partition coefficient (Wildman–Crippen LogP) is 3.12. The average Bonchev–Trinajstić information content (AvgIpc) is 3.53. The summed E-state index contributed by atoms with van der Waals surface area (Å²) in [5, 5.41) is 16.7. The lowest BCUT2D eigenvalue weighted by molar-refractivity contribution is 0.0164. The van der Waals surface area contributed by atoms with Crippen molar-refractivity contribution in [3.63, 3.8) is 0 Å². The lowest BCUT2D eigenvalue weighted by atomic mass is 9.89. The fourth-order valence-corrected chi connectivity index (χ4v) is 3.05. The molecule has 1 aliphatic rings. The lowest BCUT2D eigenvalue weighted by Gasteiger charge is -2.29. The number of carbonyl (C=O) groups excluding carboxylic acids is 1. The van der Waals surface area contributed by atoms with Crippen molar-refractivity contribution in [3.05, 3.63) is 54.1 Å². The van der Waals surface area contributed by atoms with Gasteiger partial charge in [-0.3, -0.25) is 0 Å². The summed E-state index contributed by atoms with van der Waals surface area (Å²) < 4.78 is 10.4. The quantitative estimate of drug-likeness (QED) is 0.712. The first kappa shape index (κ1) is 18.1. The van der Waals surface area contributed by atoms with E-state index in [1.807, 2.05) is 30.3 Å². The van der Waals surface area contributed by atoms with E-state index < -0.39 is 11.6 Å². The van der Waals surface area contributed by atoms with Crippen LogP contribution in [-0.2, 0) is 5.60 Å². The van der Waals surface area contributed by atoms with Crippen LogP contribution < -0.4 is 20.1 Å². The van der Waals surface area contributed by atoms with Crippen molar-refractivity contribution in [1.29, 1.82) is 0 Å². The van der Waals surface area contributed by atoms with Gasteiger partial charge in [0.2, 0.25) is 0 Å². The van der Waals surface area contributed by atoms with Gasteiger partial charge in [0.15, 0.2) is 0 Å². The highest BCUT2D eigenvalue weighted by atomic mass is 16.5. The second-order valence-electron chi connectivity index (χ2n) is 6.44. The Labute approximate surface area is 153 Å². The van der Waals surface area contributed by atoms with E-state index in [9.17, 15) is 9.90 Å². The summed E-state index contributed by atoms with van der Waals surface area (Å²) in [5.41, 5.74) is 0.299. The maximum absolute atomic E-state index is 12.3. The molecule has 1 fully saturated rings. The van der Waals surface area contributed by atoms with Gasteiger partial charge in [0.05, 0.1) is 26.5 Å². The summed E-state index contributed by atoms with van der Waals surface area (Å²) in [5.74, 6) is 1.31. The van der Waals surface area contributed by atoms with Crippen LogP contribution in [-0.4, -0.2) is 31.9 Å². The van der Waals surface area contributed by atoms with Crippen LogP contribution in [0, 0.1) is 5.92 Å². The van der Waals surface area contributed by atoms with Crippen molar-refractivity contribution in [2.75, 3.05) is 26.1 Å². The van der Waals surface area contributed by atoms with E-state index >= 15 is 0 Å². The number of rotatable bonds is 7. The zero-order valence-electron chi connectivity index (χ0n) is 15.0. The number of ether oxygens (including phenoxy) is 2. The molecule has 1 aliphatic carbocycles. The largest absolute Gasteiger partial charge is 0.497 e. The molecule has 0 bridgehead atoms. The average molecular weight is 356 g/mol. The molecule has 3 rings (SSSR count). The maximum Gasteiger partial charge on any atom is 0.319 e. The van der Waals surface area contributed by atoms with Gasteiger partial charge in [-0.2, -0.15) is 0 Å². The fraction of sp³-hybridized carbons (Fsp3) is 0.350. The van der Waals surface area contributed by atoms with Gasteiger partial charge in [-0.05, 0) is 36.5 Å². The summed E-state index contributed by atoms with van der Waals surface area (Å²) in [7, 11) is 3.09. The Morgan fingerprint density at radius 2 is 1.88 bits per heavy atom. The topological polar surface area (TPSA) is 79.8 Å². The number of methoxy groups -OCH3 is 2. The first-order chi connectivity index (χ1) is 12.6. The molecule has 6 heteroatoms. The van der Waals surface area contributed by atoms with Gasteiger partial charge in [-0.1, -0.05) is 30.3 Å². The molecule has 0 aromatic heterocycles. The van der Waals surface area contributed by atoms with Crippen LogP contribution in [0.1, 0.15) is 18.4 Å². The first-order valence-corrected chi connectivity index (χ1v) is 8.61. The number of hydrogen-bond acceptors (Lipinski definition) is 4. The van der Waals surface area contributed by atoms with Gasteiger partial charge in [0.25, 0.3) is 0 Å². The van der Waals surface area contributed by atoms with Crippen LogP contribution in [0.5, 0.6) is 11.5 Å². The van der Waals surface area contributed by atoms with Crippen molar-refractivity contribution in [1.82, 2.24) is 5.32 Å². The molecule has 1 unspecified atom stereocenters. The second-order valence-corrected chi connectivity index (χ2v) is 6.44. The van der Waals surface area contributed by atoms with Gasteiger partial charge < -0.3 is 25.2 Å². The molecular formula is C20H24N2O4. The summed E-state index contributed by atoms with van der Waals surface area (Å²) in [4.78, 5) is 12.3. The fourth-order valence-electron chi connectivity index (χ4n) is 3.05. The minimum Gasteiger partial charge on any atom is -0.497 e. The second kappa shape index (κ2) is 7.66. The molecule has 26 heavy (non-hydrogen) atoms. The van der Waals surface area contributed by atoms with Gasteiger partial charge in [-0.25, -0.2) is 4.79 Å². The van der Waals surface area contributed by atoms with Crippen molar-refractivity contribution in [2.24, 2.45) is 5.92 Å². The van der Waals surface area contributed by atoms with Gasteiger partial charge in [0.1, 0.15) is 17.1 Å². The Morgan fingerprint density at radius 1 is 1.15 bits per heavy atom. The highest BCUT2D eigenvalue weighted by Gasteiger charge is 2.45. The molecule has 2 aromatic carbocycles. The number of anilines is 1. The normalized spacial score (nSPS) is 15.7. The molecule has 0 spiro atoms. The van der Waals surface area contributed by atoms with Crippen molar-refractivity contribution >= 4 is 11.7 Å². The van der Waals surface area contributed by atoms with Gasteiger partial charge >= 0.3 is 6.03 Å². The lowest BCUT2D eigenvalue weighted by Crippen LogP contribution is -2.43. The molecule has 0 aliphatic heterocycles. The summed E-state index contributed by atoms with van der Waals surface area (Å²) in [6.07, 6.45) is 1.92. The molecule has 138 valence electrons. The minimum absolute atomic E-state index is 0.145. The van der Waals surface area contributed by atoms with Crippen molar-refractivity contribution in [3.8, 4) is 11.5 Å². The van der Waals surface area contributed by atoms with Crippen LogP contribution in [0.3, 0.4) is 0 Å². The SMILES string of the molecule is COc1ccc(NC(=O)NCC(O)(c2ccccc2)C2CC2)c(OC)c1. The van der Waals surface area contributed by atoms with Gasteiger partial charge in [0, 0.05) is 6.07 Å². The smallest absolute Gasteiger partial charge is 0.319 e. The Hall–Kier alpha value is -2.73. The number of amides is 2. The Bertz CT molecular complexity index is 762. The van der Waals surface area contributed by atoms with Crippen LogP contribution in [0.25, 0.3) is 0 Å². The first-order valence-electron chi connectivity index (χ1n) is 8.61. The zero-order valence-corrected chi connectivity index (χ0v) is 15.0. The number of benzene rings is 2. The van der Waals surface area contributed by atoms with E-state index in [0.29, 0.717) is 17.2 Å². The highest BCUT2D eigenvalue weighted by molar-refractivity contribution is 5.91. The van der Waals surface area contributed by atoms with Crippen LogP contribution in [0.4, 0.5) is 10.5 Å². The van der Waals surface area contributed by atoms with E-state index in [1.165, 1.54) is 7.11 Å². The van der Waals surface area contributed by atoms with Crippen LogP contribution in [0.15, 0.2) is 48.5 Å². The number of carbonyl (C=O) groups is 1. The number of hydrogen-bond donors (Lipinski definition) is 3. The van der Waals surface area contributed by atoms with Gasteiger partial charge in [-0.15, -0.1) is 0 Å². The van der Waals surface area contributed by atoms with E-state index in [0.717, 1.165) is 18.4 Å². The summed E-state index contributed by atoms with van der Waals surface area (Å²) in [6, 6.07) is 14.2. The maximum atomic E-state index is 12.3. The molecule has 1 saturated carbocycles. The Balaban J connectivity index is 1.66. The highest BCUT2D eigenvalue weighted by Crippen LogP contribution is 2.45. The molecule has 6 nitrogen and oxygen atoms in total. The van der Waals surface area contributed by atoms with Crippen molar-refractivity contribution in [2.45, 2.75) is 18.4 Å². The minimum atomic E-state index is -1.05. The molecule has 0 radical (unpaired) electrons. The molecule has 0 saturated heterocycles. The standard InChI is InChI=1S/C20H24N2O4/c1-25-16-10-11-17(18(12-16)26-2)22-19(23)21-13-20(24,15-8-9-15)14-6-4-3-5-7-14/h3-7,10-12,15,24H,8-9,13H2,1-2H3,(H2,21,22,23). The molecule has 2 aromatic rings. The third-order valence-corrected chi connectivity index (χ3v) is 4.70. The molecular weight excluding hydrogens is 332 g/mol. The Morgan fingerprint density at radius 3 is 2.50 bits per heavy atom. The summed E-state index contributed by atoms with van der Waals surface area (Å²) >= 11 is 0. The van der Waals surface area contributed by atoms with Crippen LogP contribution in [0.2, 0.25) is 0 Å². The number of urea groups is 1. The molecule has 0 heterocycles. The van der Waals surface area contributed by atoms with E-state index in [2.05, 4.69) is 10.6 Å². The zero-order chi connectivity index (χ0) is 18.6. The third-order valence-electron chi connectivity index (χ3n) is 4.70. The molecule has 1 atom stereocenters. The number of nitrogens with one attached hydrogen (secondary N) is 2. The monoisotopic (exact) mass is 356 g/mol. The summed E-state index contributed by atoms with van der Waals surface area (Å²) in [6.45, 7) is 0.145. The van der Waals surface area contributed by atoms with E-state index in [-0.39, 0.29) is 12.5 Å². The number of aliphatic hydroxyl groups is 1. The molecule has 3 N–H and O–H groups in total. The van der Waals surface area contributed by atoms with Crippen LogP contribution >= 0.6 is 0 Å². The van der Waals surface area contributed by atoms with Crippen molar-refractivity contribution < 1.29 is 19.4 Å². The predicted molar refractivity (Wildman–Crippen MR) is 99.6 cm³/mol. The molecule has 2 amide bonds. The van der Waals surface area contributed by atoms with E-state index in [1.54, 1.807) is 25.3 Å².